The fraction of sp³-hybridized carbons (Fsp3) is 1.00. The zero-order valence-electron chi connectivity index (χ0n) is 10.6. The molecule has 0 bridgehead atoms. The van der Waals surface area contributed by atoms with Gasteiger partial charge in [-0.25, -0.2) is 0 Å². The summed E-state index contributed by atoms with van der Waals surface area (Å²) in [5, 5.41) is 3.52. The second-order valence-corrected chi connectivity index (χ2v) is 5.80. The van der Waals surface area contributed by atoms with Crippen molar-refractivity contribution in [2.45, 2.75) is 39.2 Å². The summed E-state index contributed by atoms with van der Waals surface area (Å²) in [5.74, 6) is 0.859. The second kappa shape index (κ2) is 5.48. The maximum absolute atomic E-state index is 5.86. The summed E-state index contributed by atoms with van der Waals surface area (Å²) < 4.78 is 11.4. The normalized spacial score (nSPS) is 30.2. The van der Waals surface area contributed by atoms with Crippen molar-refractivity contribution in [3.63, 3.8) is 0 Å². The Morgan fingerprint density at radius 1 is 1.44 bits per heavy atom. The first kappa shape index (κ1) is 12.3. The van der Waals surface area contributed by atoms with E-state index in [1.165, 1.54) is 12.8 Å². The number of hydrogen-bond donors (Lipinski definition) is 1. The van der Waals surface area contributed by atoms with Crippen molar-refractivity contribution in [2.24, 2.45) is 11.3 Å². The van der Waals surface area contributed by atoms with E-state index in [4.69, 9.17) is 9.47 Å². The highest BCUT2D eigenvalue weighted by atomic mass is 16.5. The van der Waals surface area contributed by atoms with E-state index >= 15 is 0 Å². The Hall–Kier alpha value is -0.120. The Balaban J connectivity index is 1.72. The lowest BCUT2D eigenvalue weighted by atomic mass is 9.88. The van der Waals surface area contributed by atoms with Crippen LogP contribution in [-0.2, 0) is 9.47 Å². The summed E-state index contributed by atoms with van der Waals surface area (Å²) >= 11 is 0. The molecule has 0 aromatic carbocycles. The van der Waals surface area contributed by atoms with Gasteiger partial charge in [0.2, 0.25) is 0 Å². The largest absolute Gasteiger partial charge is 0.381 e. The molecule has 1 atom stereocenters. The van der Waals surface area contributed by atoms with Gasteiger partial charge < -0.3 is 14.8 Å². The van der Waals surface area contributed by atoms with Gasteiger partial charge in [-0.05, 0) is 25.2 Å². The van der Waals surface area contributed by atoms with Gasteiger partial charge in [-0.3, -0.25) is 0 Å². The molecule has 3 nitrogen and oxygen atoms in total. The van der Waals surface area contributed by atoms with Crippen LogP contribution in [0.1, 0.15) is 33.1 Å². The lowest BCUT2D eigenvalue weighted by Gasteiger charge is -2.28. The first-order valence-electron chi connectivity index (χ1n) is 6.59. The summed E-state index contributed by atoms with van der Waals surface area (Å²) in [4.78, 5) is 0. The van der Waals surface area contributed by atoms with Crippen LogP contribution >= 0.6 is 0 Å². The van der Waals surface area contributed by atoms with E-state index in [1.807, 2.05) is 0 Å². The Morgan fingerprint density at radius 3 is 2.81 bits per heavy atom. The molecule has 0 aromatic heterocycles. The van der Waals surface area contributed by atoms with Gasteiger partial charge in [-0.1, -0.05) is 13.8 Å². The third-order valence-electron chi connectivity index (χ3n) is 3.53. The molecule has 0 amide bonds. The van der Waals surface area contributed by atoms with Crippen molar-refractivity contribution in [1.29, 1.82) is 0 Å². The van der Waals surface area contributed by atoms with Gasteiger partial charge in [0.25, 0.3) is 0 Å². The zero-order chi connectivity index (χ0) is 11.4. The van der Waals surface area contributed by atoms with Crippen LogP contribution in [0.2, 0.25) is 0 Å². The monoisotopic (exact) mass is 227 g/mol. The molecular formula is C13H25NO2. The molecule has 1 heterocycles. The van der Waals surface area contributed by atoms with E-state index in [-0.39, 0.29) is 5.41 Å². The Labute approximate surface area is 98.9 Å². The van der Waals surface area contributed by atoms with Gasteiger partial charge in [0.15, 0.2) is 0 Å². The molecule has 1 N–H and O–H groups in total. The smallest absolute Gasteiger partial charge is 0.0557 e. The quantitative estimate of drug-likeness (QED) is 0.719. The van der Waals surface area contributed by atoms with Gasteiger partial charge in [-0.15, -0.1) is 0 Å². The van der Waals surface area contributed by atoms with Crippen molar-refractivity contribution < 1.29 is 9.47 Å². The molecule has 1 saturated carbocycles. The fourth-order valence-electron chi connectivity index (χ4n) is 2.10. The van der Waals surface area contributed by atoms with Crippen molar-refractivity contribution in [3.8, 4) is 0 Å². The molecule has 94 valence electrons. The fourth-order valence-corrected chi connectivity index (χ4v) is 2.10. The molecule has 3 heteroatoms. The van der Waals surface area contributed by atoms with Crippen molar-refractivity contribution in [1.82, 2.24) is 5.32 Å². The van der Waals surface area contributed by atoms with E-state index in [9.17, 15) is 0 Å². The molecule has 0 spiro atoms. The number of rotatable bonds is 7. The van der Waals surface area contributed by atoms with Crippen LogP contribution in [0.15, 0.2) is 0 Å². The Morgan fingerprint density at radius 2 is 2.25 bits per heavy atom. The molecule has 1 saturated heterocycles. The first-order chi connectivity index (χ1) is 7.70. The molecule has 2 aliphatic rings. The molecule has 1 aliphatic heterocycles. The van der Waals surface area contributed by atoms with Crippen LogP contribution < -0.4 is 5.32 Å². The van der Waals surface area contributed by atoms with Crippen LogP contribution in [-0.4, -0.2) is 39.0 Å². The standard InChI is InChI=1S/C13H25NO2/c1-11(2)14-8-13(5-6-15-9-13)10-16-7-12-3-4-12/h11-12,14H,3-10H2,1-2H3. The van der Waals surface area contributed by atoms with E-state index in [0.717, 1.165) is 45.3 Å². The Bertz CT molecular complexity index is 208. The first-order valence-corrected chi connectivity index (χ1v) is 6.59. The highest BCUT2D eigenvalue weighted by molar-refractivity contribution is 4.86. The summed E-state index contributed by atoms with van der Waals surface area (Å²) in [6.45, 7) is 8.98. The highest BCUT2D eigenvalue weighted by Gasteiger charge is 2.35. The summed E-state index contributed by atoms with van der Waals surface area (Å²) in [5.41, 5.74) is 0.235. The minimum atomic E-state index is 0.235. The second-order valence-electron chi connectivity index (χ2n) is 5.80. The summed E-state index contributed by atoms with van der Waals surface area (Å²) in [6.07, 6.45) is 3.87. The predicted molar refractivity (Wildman–Crippen MR) is 64.6 cm³/mol. The van der Waals surface area contributed by atoms with Gasteiger partial charge in [0.1, 0.15) is 0 Å². The van der Waals surface area contributed by atoms with Crippen LogP contribution in [0.3, 0.4) is 0 Å². The van der Waals surface area contributed by atoms with Crippen LogP contribution in [0, 0.1) is 11.3 Å². The van der Waals surface area contributed by atoms with Gasteiger partial charge >= 0.3 is 0 Å². The third-order valence-corrected chi connectivity index (χ3v) is 3.53. The highest BCUT2D eigenvalue weighted by Crippen LogP contribution is 2.32. The lowest BCUT2D eigenvalue weighted by molar-refractivity contribution is 0.0282. The maximum atomic E-state index is 5.86. The molecule has 2 rings (SSSR count). The minimum Gasteiger partial charge on any atom is -0.381 e. The SMILES string of the molecule is CC(C)NCC1(COCC2CC2)CCOC1. The van der Waals surface area contributed by atoms with Crippen molar-refractivity contribution in [3.05, 3.63) is 0 Å². The van der Waals surface area contributed by atoms with E-state index in [0.29, 0.717) is 6.04 Å². The maximum Gasteiger partial charge on any atom is 0.0557 e. The van der Waals surface area contributed by atoms with Crippen LogP contribution in [0.5, 0.6) is 0 Å². The average Bonchev–Trinajstić information content (AvgIpc) is 2.94. The zero-order valence-corrected chi connectivity index (χ0v) is 10.6. The number of hydrogen-bond acceptors (Lipinski definition) is 3. The molecule has 16 heavy (non-hydrogen) atoms. The molecule has 0 aromatic rings. The number of ether oxygens (including phenoxy) is 2. The summed E-state index contributed by atoms with van der Waals surface area (Å²) in [6, 6.07) is 0.543. The lowest BCUT2D eigenvalue weighted by Crippen LogP contribution is -2.41. The van der Waals surface area contributed by atoms with Crippen LogP contribution in [0.25, 0.3) is 0 Å². The summed E-state index contributed by atoms with van der Waals surface area (Å²) in [7, 11) is 0. The molecule has 2 fully saturated rings. The van der Waals surface area contributed by atoms with Crippen molar-refractivity contribution >= 4 is 0 Å². The Kier molecular flexibility index (Phi) is 4.22. The van der Waals surface area contributed by atoms with Gasteiger partial charge in [0.05, 0.1) is 13.2 Å². The van der Waals surface area contributed by atoms with E-state index in [2.05, 4.69) is 19.2 Å². The van der Waals surface area contributed by atoms with Crippen LogP contribution in [0.4, 0.5) is 0 Å². The minimum absolute atomic E-state index is 0.235. The van der Waals surface area contributed by atoms with E-state index < -0.39 is 0 Å². The topological polar surface area (TPSA) is 30.5 Å². The van der Waals surface area contributed by atoms with E-state index in [1.54, 1.807) is 0 Å². The van der Waals surface area contributed by atoms with Gasteiger partial charge in [-0.2, -0.15) is 0 Å². The molecular weight excluding hydrogens is 202 g/mol. The number of nitrogens with one attached hydrogen (secondary N) is 1. The molecule has 1 aliphatic carbocycles. The third kappa shape index (κ3) is 3.72. The van der Waals surface area contributed by atoms with Crippen molar-refractivity contribution in [2.75, 3.05) is 33.0 Å². The average molecular weight is 227 g/mol. The molecule has 1 unspecified atom stereocenters. The van der Waals surface area contributed by atoms with Gasteiger partial charge in [0, 0.05) is 31.2 Å². The molecule has 0 radical (unpaired) electrons. The predicted octanol–water partition coefficient (Wildman–Crippen LogP) is 1.82.